The van der Waals surface area contributed by atoms with E-state index in [1.165, 1.54) is 22.3 Å². The Kier molecular flexibility index (Phi) is 5.01. The Labute approximate surface area is 175 Å². The highest BCUT2D eigenvalue weighted by Gasteiger charge is 2.31. The summed E-state index contributed by atoms with van der Waals surface area (Å²) >= 11 is 0. The number of amides is 1. The van der Waals surface area contributed by atoms with Gasteiger partial charge in [0.25, 0.3) is 0 Å². The first-order valence-electron chi connectivity index (χ1n) is 10.4. The van der Waals surface area contributed by atoms with Crippen molar-refractivity contribution < 1.29 is 19.2 Å². The summed E-state index contributed by atoms with van der Waals surface area (Å²) < 4.78 is 10.9. The second-order valence-corrected chi connectivity index (χ2v) is 7.94. The van der Waals surface area contributed by atoms with Crippen molar-refractivity contribution in [3.63, 3.8) is 0 Å². The lowest BCUT2D eigenvalue weighted by Gasteiger charge is -2.30. The molecule has 0 unspecified atom stereocenters. The zero-order valence-electron chi connectivity index (χ0n) is 16.7. The molecule has 0 radical (unpaired) electrons. The number of carbonyl (C=O) groups excluding carboxylic acids is 1. The molecule has 3 aromatic rings. The van der Waals surface area contributed by atoms with Gasteiger partial charge in [-0.25, -0.2) is 4.79 Å². The molecule has 0 bridgehead atoms. The van der Waals surface area contributed by atoms with Crippen molar-refractivity contribution >= 4 is 6.09 Å². The lowest BCUT2D eigenvalue weighted by molar-refractivity contribution is 0.0900. The summed E-state index contributed by atoms with van der Waals surface area (Å²) in [5.41, 5.74) is 5.74. The van der Waals surface area contributed by atoms with Crippen molar-refractivity contribution in [1.29, 1.82) is 0 Å². The van der Waals surface area contributed by atoms with Crippen LogP contribution in [0.2, 0.25) is 0 Å². The number of hydrogen-bond acceptors (Lipinski definition) is 5. The van der Waals surface area contributed by atoms with Crippen molar-refractivity contribution in [2.24, 2.45) is 0 Å². The molecule has 2 aromatic carbocycles. The average molecular weight is 404 g/mol. The van der Waals surface area contributed by atoms with Gasteiger partial charge in [-0.15, -0.1) is 0 Å². The van der Waals surface area contributed by atoms with Gasteiger partial charge in [-0.3, -0.25) is 0 Å². The molecule has 6 heteroatoms. The molecule has 30 heavy (non-hydrogen) atoms. The Morgan fingerprint density at radius 2 is 1.70 bits per heavy atom. The van der Waals surface area contributed by atoms with Crippen LogP contribution in [0.5, 0.6) is 0 Å². The van der Waals surface area contributed by atoms with Gasteiger partial charge < -0.3 is 19.3 Å². The van der Waals surface area contributed by atoms with Crippen LogP contribution >= 0.6 is 0 Å². The number of rotatable bonds is 4. The number of fused-ring (bicyclic) bond motifs is 3. The van der Waals surface area contributed by atoms with E-state index in [4.69, 9.17) is 14.4 Å². The lowest BCUT2D eigenvalue weighted by atomic mass is 9.93. The Morgan fingerprint density at radius 3 is 2.30 bits per heavy atom. The standard InChI is InChI=1S/C24H24N2O4/c27-14-17-13-23(25-30-17)16-9-11-26(12-10-16)24(28)29-15-22-20-7-3-1-5-18(20)19-6-2-4-8-21(19)22/h1-8,13,16,22,27H,9-12,14-15H2. The van der Waals surface area contributed by atoms with Crippen molar-refractivity contribution in [3.8, 4) is 11.1 Å². The quantitative estimate of drug-likeness (QED) is 0.702. The van der Waals surface area contributed by atoms with Crippen LogP contribution in [0.3, 0.4) is 0 Å². The highest BCUT2D eigenvalue weighted by Crippen LogP contribution is 2.44. The summed E-state index contributed by atoms with van der Waals surface area (Å²) in [5.74, 6) is 0.793. The van der Waals surface area contributed by atoms with Crippen LogP contribution in [0.15, 0.2) is 59.1 Å². The second kappa shape index (κ2) is 7.95. The Bertz CT molecular complexity index is 1010. The van der Waals surface area contributed by atoms with Crippen LogP contribution < -0.4 is 0 Å². The number of aromatic nitrogens is 1. The summed E-state index contributed by atoms with van der Waals surface area (Å²) in [6.45, 7) is 1.45. The minimum Gasteiger partial charge on any atom is -0.448 e. The predicted octanol–water partition coefficient (Wildman–Crippen LogP) is 4.30. The maximum Gasteiger partial charge on any atom is 0.409 e. The highest BCUT2D eigenvalue weighted by molar-refractivity contribution is 5.79. The van der Waals surface area contributed by atoms with Gasteiger partial charge >= 0.3 is 6.09 Å². The van der Waals surface area contributed by atoms with E-state index in [1.54, 1.807) is 11.0 Å². The van der Waals surface area contributed by atoms with Crippen LogP contribution in [0, 0.1) is 0 Å². The van der Waals surface area contributed by atoms with Crippen molar-refractivity contribution in [2.45, 2.75) is 31.3 Å². The maximum atomic E-state index is 12.7. The summed E-state index contributed by atoms with van der Waals surface area (Å²) in [5, 5.41) is 13.2. The molecule has 1 aliphatic carbocycles. The van der Waals surface area contributed by atoms with Crippen LogP contribution in [-0.4, -0.2) is 41.0 Å². The van der Waals surface area contributed by atoms with Gasteiger partial charge in [-0.2, -0.15) is 0 Å². The zero-order valence-corrected chi connectivity index (χ0v) is 16.7. The molecule has 154 valence electrons. The van der Waals surface area contributed by atoms with Gasteiger partial charge in [-0.1, -0.05) is 53.7 Å². The molecule has 1 fully saturated rings. The van der Waals surface area contributed by atoms with E-state index >= 15 is 0 Å². The normalized spacial score (nSPS) is 16.4. The number of aliphatic hydroxyl groups excluding tert-OH is 1. The van der Waals surface area contributed by atoms with E-state index in [0.29, 0.717) is 25.5 Å². The predicted molar refractivity (Wildman–Crippen MR) is 111 cm³/mol. The smallest absolute Gasteiger partial charge is 0.409 e. The van der Waals surface area contributed by atoms with Crippen LogP contribution in [0.25, 0.3) is 11.1 Å². The number of likely N-dealkylation sites (tertiary alicyclic amines) is 1. The number of nitrogens with zero attached hydrogens (tertiary/aromatic N) is 2. The van der Waals surface area contributed by atoms with Crippen molar-refractivity contribution in [1.82, 2.24) is 10.1 Å². The molecular formula is C24H24N2O4. The van der Waals surface area contributed by atoms with Crippen LogP contribution in [0.1, 0.15) is 47.3 Å². The SMILES string of the molecule is O=C(OCC1c2ccccc2-c2ccccc21)N1CCC(c2cc(CO)on2)CC1. The Balaban J connectivity index is 1.21. The molecule has 1 aliphatic heterocycles. The molecule has 5 rings (SSSR count). The first kappa shape index (κ1) is 18.9. The largest absolute Gasteiger partial charge is 0.448 e. The number of piperidine rings is 1. The minimum absolute atomic E-state index is 0.0749. The van der Waals surface area contributed by atoms with Gasteiger partial charge in [-0.05, 0) is 35.1 Å². The third kappa shape index (κ3) is 3.37. The molecule has 1 N–H and O–H groups in total. The van der Waals surface area contributed by atoms with Gasteiger partial charge in [0.15, 0.2) is 5.76 Å². The number of carbonyl (C=O) groups is 1. The van der Waals surface area contributed by atoms with Crippen LogP contribution in [-0.2, 0) is 11.3 Å². The van der Waals surface area contributed by atoms with E-state index in [9.17, 15) is 4.79 Å². The first-order valence-corrected chi connectivity index (χ1v) is 10.4. The number of benzene rings is 2. The van der Waals surface area contributed by atoms with Crippen molar-refractivity contribution in [2.75, 3.05) is 19.7 Å². The summed E-state index contributed by atoms with van der Waals surface area (Å²) in [7, 11) is 0. The fraction of sp³-hybridized carbons (Fsp3) is 0.333. The summed E-state index contributed by atoms with van der Waals surface area (Å²) in [6.07, 6.45) is 1.36. The number of aliphatic hydroxyl groups is 1. The maximum absolute atomic E-state index is 12.7. The van der Waals surface area contributed by atoms with Crippen LogP contribution in [0.4, 0.5) is 4.79 Å². The monoisotopic (exact) mass is 404 g/mol. The molecule has 0 atom stereocenters. The molecular weight excluding hydrogens is 380 g/mol. The number of ether oxygens (including phenoxy) is 1. The molecule has 1 aromatic heterocycles. The molecule has 1 saturated heterocycles. The second-order valence-electron chi connectivity index (χ2n) is 7.94. The number of hydrogen-bond donors (Lipinski definition) is 1. The molecule has 0 spiro atoms. The lowest BCUT2D eigenvalue weighted by Crippen LogP contribution is -2.38. The Hall–Kier alpha value is -3.12. The summed E-state index contributed by atoms with van der Waals surface area (Å²) in [6, 6.07) is 18.5. The fourth-order valence-electron chi connectivity index (χ4n) is 4.64. The summed E-state index contributed by atoms with van der Waals surface area (Å²) in [4.78, 5) is 14.5. The first-order chi connectivity index (χ1) is 14.7. The molecule has 2 aliphatic rings. The van der Waals surface area contributed by atoms with E-state index in [2.05, 4.69) is 29.4 Å². The van der Waals surface area contributed by atoms with Gasteiger partial charge in [0.05, 0.1) is 5.69 Å². The third-order valence-electron chi connectivity index (χ3n) is 6.24. The Morgan fingerprint density at radius 1 is 1.07 bits per heavy atom. The zero-order chi connectivity index (χ0) is 20.5. The van der Waals surface area contributed by atoms with Gasteiger partial charge in [0.1, 0.15) is 13.2 Å². The highest BCUT2D eigenvalue weighted by atomic mass is 16.6. The molecule has 0 saturated carbocycles. The van der Waals surface area contributed by atoms with E-state index in [-0.39, 0.29) is 24.5 Å². The van der Waals surface area contributed by atoms with Crippen molar-refractivity contribution in [3.05, 3.63) is 77.2 Å². The fourth-order valence-corrected chi connectivity index (χ4v) is 4.64. The van der Waals surface area contributed by atoms with E-state index in [1.807, 2.05) is 24.3 Å². The van der Waals surface area contributed by atoms with Gasteiger partial charge in [0, 0.05) is 31.0 Å². The average Bonchev–Trinajstić information content (AvgIpc) is 3.41. The van der Waals surface area contributed by atoms with E-state index in [0.717, 1.165) is 18.5 Å². The molecule has 2 heterocycles. The molecule has 6 nitrogen and oxygen atoms in total. The topological polar surface area (TPSA) is 75.8 Å². The third-order valence-corrected chi connectivity index (χ3v) is 6.24. The molecule has 1 amide bonds. The van der Waals surface area contributed by atoms with E-state index < -0.39 is 0 Å². The minimum atomic E-state index is -0.258. The van der Waals surface area contributed by atoms with Gasteiger partial charge in [0.2, 0.25) is 0 Å².